The van der Waals surface area contributed by atoms with E-state index in [-0.39, 0.29) is 5.78 Å². The first-order valence-electron chi connectivity index (χ1n) is 9.15. The van der Waals surface area contributed by atoms with Crippen LogP contribution in [0.1, 0.15) is 47.7 Å². The molecule has 0 bridgehead atoms. The number of halogens is 1. The van der Waals surface area contributed by atoms with Gasteiger partial charge in [-0.1, -0.05) is 48.6 Å². The Bertz CT molecular complexity index is 1060. The van der Waals surface area contributed by atoms with E-state index >= 15 is 0 Å². The number of aliphatic hydroxyl groups excluding tert-OH is 1. The van der Waals surface area contributed by atoms with Crippen LogP contribution in [0.3, 0.4) is 0 Å². The molecule has 28 heavy (non-hydrogen) atoms. The molecule has 142 valence electrons. The van der Waals surface area contributed by atoms with Gasteiger partial charge in [0.15, 0.2) is 5.78 Å². The Hall–Kier alpha value is -2.87. The van der Waals surface area contributed by atoms with E-state index in [0.29, 0.717) is 41.2 Å². The molecule has 0 fully saturated rings. The molecule has 5 heteroatoms. The first kappa shape index (κ1) is 19.9. The Labute approximate surface area is 169 Å². The molecule has 1 atom stereocenters. The summed E-state index contributed by atoms with van der Waals surface area (Å²) >= 11 is 6.10. The van der Waals surface area contributed by atoms with Crippen molar-refractivity contribution in [2.45, 2.75) is 32.3 Å². The maximum absolute atomic E-state index is 12.2. The fourth-order valence-corrected chi connectivity index (χ4v) is 3.02. The number of rotatable bonds is 5. The van der Waals surface area contributed by atoms with Crippen molar-refractivity contribution in [3.05, 3.63) is 70.4 Å². The second-order valence-corrected chi connectivity index (χ2v) is 7.04. The number of Topliss-reactive ketones (excluding diaryl/α,β-unsaturated/α-hetero) is 1. The Morgan fingerprint density at radius 2 is 1.96 bits per heavy atom. The molecule has 0 aliphatic carbocycles. The largest absolute Gasteiger partial charge is 0.393 e. The predicted octanol–water partition coefficient (Wildman–Crippen LogP) is 4.60. The van der Waals surface area contributed by atoms with Crippen LogP contribution in [0.15, 0.2) is 48.7 Å². The third-order valence-electron chi connectivity index (χ3n) is 4.60. The van der Waals surface area contributed by atoms with Gasteiger partial charge in [0.05, 0.1) is 11.7 Å². The highest BCUT2D eigenvalue weighted by molar-refractivity contribution is 6.31. The van der Waals surface area contributed by atoms with Crippen LogP contribution in [0.5, 0.6) is 0 Å². The molecule has 1 heterocycles. The molecule has 0 spiro atoms. The first-order chi connectivity index (χ1) is 13.5. The molecular formula is C23H21ClN2O2. The third kappa shape index (κ3) is 4.69. The van der Waals surface area contributed by atoms with E-state index in [0.717, 1.165) is 16.3 Å². The Morgan fingerprint density at radius 1 is 1.21 bits per heavy atom. The maximum atomic E-state index is 12.2. The van der Waals surface area contributed by atoms with Gasteiger partial charge in [0.1, 0.15) is 5.82 Å². The SMILES string of the molecule is CCC(O)CCC(=O)c1ccc(C#Cc2c(N)ncc3ccc(Cl)cc23)cc1. The molecule has 0 aliphatic heterocycles. The van der Waals surface area contributed by atoms with Crippen molar-refractivity contribution in [1.82, 2.24) is 4.98 Å². The van der Waals surface area contributed by atoms with Crippen molar-refractivity contribution in [3.63, 3.8) is 0 Å². The molecule has 2 aromatic carbocycles. The minimum atomic E-state index is -0.428. The summed E-state index contributed by atoms with van der Waals surface area (Å²) in [6.45, 7) is 1.90. The van der Waals surface area contributed by atoms with Crippen molar-refractivity contribution in [2.24, 2.45) is 0 Å². The molecule has 0 saturated heterocycles. The number of ketones is 1. The molecular weight excluding hydrogens is 372 g/mol. The average Bonchev–Trinajstić information content (AvgIpc) is 2.71. The normalized spacial score (nSPS) is 11.7. The van der Waals surface area contributed by atoms with Gasteiger partial charge < -0.3 is 10.8 Å². The van der Waals surface area contributed by atoms with Gasteiger partial charge in [-0.15, -0.1) is 0 Å². The van der Waals surface area contributed by atoms with Crippen LogP contribution < -0.4 is 5.73 Å². The highest BCUT2D eigenvalue weighted by atomic mass is 35.5. The zero-order valence-corrected chi connectivity index (χ0v) is 16.3. The molecule has 0 amide bonds. The number of carbonyl (C=O) groups excluding carboxylic acids is 1. The second kappa shape index (κ2) is 8.88. The van der Waals surface area contributed by atoms with Gasteiger partial charge in [0.25, 0.3) is 0 Å². The Balaban J connectivity index is 1.82. The van der Waals surface area contributed by atoms with Gasteiger partial charge in [0.2, 0.25) is 0 Å². The van der Waals surface area contributed by atoms with Crippen molar-refractivity contribution in [2.75, 3.05) is 5.73 Å². The lowest BCUT2D eigenvalue weighted by Crippen LogP contribution is -2.08. The third-order valence-corrected chi connectivity index (χ3v) is 4.83. The van der Waals surface area contributed by atoms with Crippen molar-refractivity contribution in [3.8, 4) is 11.8 Å². The van der Waals surface area contributed by atoms with Gasteiger partial charge in [-0.2, -0.15) is 0 Å². The number of nitrogen functional groups attached to an aromatic ring is 1. The number of fused-ring (bicyclic) bond motifs is 1. The van der Waals surface area contributed by atoms with Crippen LogP contribution in [0, 0.1) is 11.8 Å². The summed E-state index contributed by atoms with van der Waals surface area (Å²) < 4.78 is 0. The molecule has 3 N–H and O–H groups in total. The zero-order chi connectivity index (χ0) is 20.1. The summed E-state index contributed by atoms with van der Waals surface area (Å²) in [5.74, 6) is 6.52. The highest BCUT2D eigenvalue weighted by Crippen LogP contribution is 2.25. The van der Waals surface area contributed by atoms with Gasteiger partial charge in [-0.3, -0.25) is 4.79 Å². The van der Waals surface area contributed by atoms with E-state index in [1.165, 1.54) is 0 Å². The zero-order valence-electron chi connectivity index (χ0n) is 15.6. The number of carbonyl (C=O) groups is 1. The fourth-order valence-electron chi connectivity index (χ4n) is 2.85. The van der Waals surface area contributed by atoms with Crippen LogP contribution in [0.4, 0.5) is 5.82 Å². The molecule has 3 aromatic rings. The maximum Gasteiger partial charge on any atom is 0.162 e. The summed E-state index contributed by atoms with van der Waals surface area (Å²) in [4.78, 5) is 16.4. The van der Waals surface area contributed by atoms with E-state index in [9.17, 15) is 9.90 Å². The number of nitrogens with two attached hydrogens (primary N) is 1. The van der Waals surface area contributed by atoms with E-state index in [1.807, 2.05) is 19.1 Å². The molecule has 1 aromatic heterocycles. The minimum Gasteiger partial charge on any atom is -0.393 e. The molecule has 4 nitrogen and oxygen atoms in total. The van der Waals surface area contributed by atoms with E-state index in [2.05, 4.69) is 16.8 Å². The predicted molar refractivity (Wildman–Crippen MR) is 113 cm³/mol. The number of benzene rings is 2. The Morgan fingerprint density at radius 3 is 2.68 bits per heavy atom. The fraction of sp³-hybridized carbons (Fsp3) is 0.217. The summed E-state index contributed by atoms with van der Waals surface area (Å²) in [5.41, 5.74) is 8.03. The summed E-state index contributed by atoms with van der Waals surface area (Å²) in [6, 6.07) is 12.6. The average molecular weight is 393 g/mol. The van der Waals surface area contributed by atoms with Crippen molar-refractivity contribution >= 4 is 34.0 Å². The smallest absolute Gasteiger partial charge is 0.162 e. The summed E-state index contributed by atoms with van der Waals surface area (Å²) in [7, 11) is 0. The molecule has 1 unspecified atom stereocenters. The number of nitrogens with zero attached hydrogens (tertiary/aromatic N) is 1. The topological polar surface area (TPSA) is 76.2 Å². The molecule has 0 aliphatic rings. The Kier molecular flexibility index (Phi) is 6.30. The van der Waals surface area contributed by atoms with Gasteiger partial charge in [-0.05, 0) is 37.1 Å². The number of aromatic nitrogens is 1. The lowest BCUT2D eigenvalue weighted by Gasteiger charge is -2.06. The lowest BCUT2D eigenvalue weighted by molar-refractivity contribution is 0.0937. The molecule has 0 saturated carbocycles. The lowest BCUT2D eigenvalue weighted by atomic mass is 10.0. The van der Waals surface area contributed by atoms with Crippen LogP contribution in [-0.4, -0.2) is 22.0 Å². The van der Waals surface area contributed by atoms with Crippen LogP contribution in [0.25, 0.3) is 10.8 Å². The first-order valence-corrected chi connectivity index (χ1v) is 9.52. The van der Waals surface area contributed by atoms with Gasteiger partial charge >= 0.3 is 0 Å². The van der Waals surface area contributed by atoms with Crippen LogP contribution >= 0.6 is 11.6 Å². The minimum absolute atomic E-state index is 0.0177. The van der Waals surface area contributed by atoms with Crippen LogP contribution in [-0.2, 0) is 0 Å². The van der Waals surface area contributed by atoms with Crippen LogP contribution in [0.2, 0.25) is 5.02 Å². The monoisotopic (exact) mass is 392 g/mol. The number of hydrogen-bond donors (Lipinski definition) is 2. The number of hydrogen-bond acceptors (Lipinski definition) is 4. The van der Waals surface area contributed by atoms with Gasteiger partial charge in [-0.25, -0.2) is 4.98 Å². The summed E-state index contributed by atoms with van der Waals surface area (Å²) in [5, 5.41) is 12.0. The van der Waals surface area contributed by atoms with Crippen molar-refractivity contribution in [1.29, 1.82) is 0 Å². The van der Waals surface area contributed by atoms with Crippen molar-refractivity contribution < 1.29 is 9.90 Å². The molecule has 3 rings (SSSR count). The second-order valence-electron chi connectivity index (χ2n) is 6.60. The standard InChI is InChI=1S/C23H21ClN2O2/c1-2-19(27)10-12-22(28)16-6-3-15(4-7-16)5-11-20-21-13-18(24)9-8-17(21)14-26-23(20)25/h3-4,6-9,13-14,19,27H,2,10,12H2,1H3,(H2,25,26). The van der Waals surface area contributed by atoms with Gasteiger partial charge in [0, 0.05) is 39.5 Å². The van der Waals surface area contributed by atoms with E-state index < -0.39 is 6.10 Å². The summed E-state index contributed by atoms with van der Waals surface area (Å²) in [6.07, 6.45) is 2.73. The number of pyridine rings is 1. The number of aliphatic hydroxyl groups is 1. The highest BCUT2D eigenvalue weighted by Gasteiger charge is 2.09. The van der Waals surface area contributed by atoms with E-state index in [4.69, 9.17) is 17.3 Å². The molecule has 0 radical (unpaired) electrons. The van der Waals surface area contributed by atoms with E-state index in [1.54, 1.807) is 36.5 Å². The number of anilines is 1. The quantitative estimate of drug-likeness (QED) is 0.491.